The molecule has 1 aromatic carbocycles. The quantitative estimate of drug-likeness (QED) is 0.774. The Kier molecular flexibility index (Phi) is 4.52. The second-order valence-electron chi connectivity index (χ2n) is 6.25. The number of anilines is 2. The minimum atomic E-state index is 0.603. The van der Waals surface area contributed by atoms with Crippen molar-refractivity contribution < 1.29 is 0 Å². The van der Waals surface area contributed by atoms with Gasteiger partial charge in [0, 0.05) is 17.3 Å². The third-order valence-electron chi connectivity index (χ3n) is 4.30. The van der Waals surface area contributed by atoms with Gasteiger partial charge in [-0.15, -0.1) is 0 Å². The fourth-order valence-electron chi connectivity index (χ4n) is 2.99. The topological polar surface area (TPSA) is 64.9 Å². The van der Waals surface area contributed by atoms with Gasteiger partial charge >= 0.3 is 0 Å². The third-order valence-corrected chi connectivity index (χ3v) is 4.30. The van der Waals surface area contributed by atoms with E-state index in [1.54, 1.807) is 6.20 Å². The zero-order chi connectivity index (χ0) is 17.1. The Morgan fingerprint density at radius 2 is 1.75 bits per heavy atom. The highest BCUT2D eigenvalue weighted by molar-refractivity contribution is 5.91. The van der Waals surface area contributed by atoms with E-state index in [9.17, 15) is 0 Å². The first-order valence-corrected chi connectivity index (χ1v) is 8.21. The van der Waals surface area contributed by atoms with E-state index in [0.29, 0.717) is 11.4 Å². The van der Waals surface area contributed by atoms with E-state index >= 15 is 0 Å². The lowest BCUT2D eigenvalue weighted by Crippen LogP contribution is -2.03. The van der Waals surface area contributed by atoms with Gasteiger partial charge in [-0.25, -0.2) is 0 Å². The summed E-state index contributed by atoms with van der Waals surface area (Å²) in [5.74, 6) is 0. The molecule has 0 atom stereocenters. The van der Waals surface area contributed by atoms with Gasteiger partial charge in [-0.05, 0) is 56.0 Å². The maximum absolute atomic E-state index is 6.39. The van der Waals surface area contributed by atoms with Gasteiger partial charge < -0.3 is 11.5 Å². The Hall–Kier alpha value is -2.81. The van der Waals surface area contributed by atoms with Crippen molar-refractivity contribution in [3.05, 3.63) is 71.5 Å². The summed E-state index contributed by atoms with van der Waals surface area (Å²) in [5.41, 5.74) is 20.3. The van der Waals surface area contributed by atoms with E-state index in [0.717, 1.165) is 35.2 Å². The minimum Gasteiger partial charge on any atom is -0.397 e. The molecule has 122 valence electrons. The predicted octanol–water partition coefficient (Wildman–Crippen LogP) is 4.90. The zero-order valence-corrected chi connectivity index (χ0v) is 14.2. The Balaban J connectivity index is 2.06. The molecule has 4 N–H and O–H groups in total. The Bertz CT molecular complexity index is 857. The molecule has 0 spiro atoms. The van der Waals surface area contributed by atoms with Crippen LogP contribution >= 0.6 is 0 Å². The summed E-state index contributed by atoms with van der Waals surface area (Å²) in [4.78, 5) is 4.42. The Morgan fingerprint density at radius 1 is 1.00 bits per heavy atom. The lowest BCUT2D eigenvalue weighted by Gasteiger charge is -2.16. The van der Waals surface area contributed by atoms with E-state index in [1.165, 1.54) is 11.1 Å². The van der Waals surface area contributed by atoms with Gasteiger partial charge in [0.05, 0.1) is 17.1 Å². The van der Waals surface area contributed by atoms with Gasteiger partial charge in [-0.1, -0.05) is 35.9 Å². The molecule has 1 aliphatic rings. The van der Waals surface area contributed by atoms with Crippen LogP contribution in [0, 0.1) is 6.92 Å². The monoisotopic (exact) mass is 317 g/mol. The molecular formula is C21H23N3. The number of rotatable bonds is 2. The summed E-state index contributed by atoms with van der Waals surface area (Å²) in [7, 11) is 0. The maximum atomic E-state index is 6.39. The molecule has 1 aromatic heterocycles. The fourth-order valence-corrected chi connectivity index (χ4v) is 2.99. The number of aryl methyl sites for hydroxylation is 1. The number of nitrogens with two attached hydrogens (primary N) is 2. The number of hydrogen-bond acceptors (Lipinski definition) is 3. The highest BCUT2D eigenvalue weighted by atomic mass is 14.7. The molecule has 2 aromatic rings. The van der Waals surface area contributed by atoms with Crippen molar-refractivity contribution in [3.8, 4) is 11.3 Å². The van der Waals surface area contributed by atoms with E-state index in [2.05, 4.69) is 42.3 Å². The molecule has 1 aliphatic carbocycles. The van der Waals surface area contributed by atoms with Crippen LogP contribution in [0.5, 0.6) is 0 Å². The number of hydrogen-bond donors (Lipinski definition) is 2. The average Bonchev–Trinajstić information content (AvgIpc) is 2.53. The molecule has 0 radical (unpaired) electrons. The normalized spacial score (nSPS) is 15.9. The summed E-state index contributed by atoms with van der Waals surface area (Å²) in [6, 6.07) is 8.09. The molecule has 3 nitrogen and oxygen atoms in total. The van der Waals surface area contributed by atoms with Gasteiger partial charge in [0.1, 0.15) is 0 Å². The molecule has 0 bridgehead atoms. The Morgan fingerprint density at radius 3 is 2.54 bits per heavy atom. The molecular weight excluding hydrogens is 294 g/mol. The lowest BCUT2D eigenvalue weighted by molar-refractivity contribution is 1.06. The van der Waals surface area contributed by atoms with Crippen molar-refractivity contribution in [1.82, 2.24) is 4.98 Å². The van der Waals surface area contributed by atoms with Crippen LogP contribution in [0.3, 0.4) is 0 Å². The molecule has 24 heavy (non-hydrogen) atoms. The summed E-state index contributed by atoms with van der Waals surface area (Å²) in [6.07, 6.45) is 12.3. The molecule has 0 fully saturated rings. The number of nitrogens with zero attached hydrogens (tertiary/aromatic N) is 1. The van der Waals surface area contributed by atoms with Crippen molar-refractivity contribution in [2.24, 2.45) is 0 Å². The van der Waals surface area contributed by atoms with Crippen molar-refractivity contribution in [3.63, 3.8) is 0 Å². The molecule has 1 heterocycles. The summed E-state index contributed by atoms with van der Waals surface area (Å²) >= 11 is 0. The van der Waals surface area contributed by atoms with E-state index in [4.69, 9.17) is 11.5 Å². The molecule has 0 saturated carbocycles. The van der Waals surface area contributed by atoms with Crippen LogP contribution in [0.4, 0.5) is 11.4 Å². The number of pyridine rings is 1. The van der Waals surface area contributed by atoms with Crippen LogP contribution in [0.15, 0.2) is 60.3 Å². The lowest BCUT2D eigenvalue weighted by atomic mass is 9.93. The van der Waals surface area contributed by atoms with Gasteiger partial charge in [-0.2, -0.15) is 0 Å². The fraction of sp³-hybridized carbons (Fsp3) is 0.190. The molecule has 0 amide bonds. The first-order chi connectivity index (χ1) is 11.6. The smallest absolute Gasteiger partial charge is 0.0726 e. The summed E-state index contributed by atoms with van der Waals surface area (Å²) in [6.45, 7) is 4.14. The third kappa shape index (κ3) is 3.25. The average molecular weight is 317 g/mol. The summed E-state index contributed by atoms with van der Waals surface area (Å²) < 4.78 is 0. The standard InChI is InChI=1S/C21H23N3/c1-14-6-4-3-5-7-16(12-14)17-8-9-18(21(23)20(17)22)19-13-15(2)10-11-24-19/h3-4,6,8-13H,5,7,22-23H2,1-2H3/b4-3-,14-6?,16-12?. The van der Waals surface area contributed by atoms with Crippen LogP contribution in [0.1, 0.15) is 30.9 Å². The second kappa shape index (κ2) is 6.75. The van der Waals surface area contributed by atoms with Crippen molar-refractivity contribution in [2.45, 2.75) is 26.7 Å². The van der Waals surface area contributed by atoms with Crippen LogP contribution in [0.25, 0.3) is 16.8 Å². The molecule has 3 heteroatoms. The minimum absolute atomic E-state index is 0.603. The SMILES string of the molecule is CC1=C/C=C\CCC(c2ccc(-c3cc(C)ccn3)c(N)c2N)=C1. The van der Waals surface area contributed by atoms with Crippen LogP contribution in [0.2, 0.25) is 0 Å². The van der Waals surface area contributed by atoms with Crippen LogP contribution in [-0.4, -0.2) is 4.98 Å². The van der Waals surface area contributed by atoms with E-state index in [1.807, 2.05) is 25.1 Å². The number of allylic oxidation sites excluding steroid dienone is 6. The van der Waals surface area contributed by atoms with Gasteiger partial charge in [0.15, 0.2) is 0 Å². The van der Waals surface area contributed by atoms with Gasteiger partial charge in [0.2, 0.25) is 0 Å². The van der Waals surface area contributed by atoms with Crippen LogP contribution < -0.4 is 11.5 Å². The Labute approximate surface area is 143 Å². The van der Waals surface area contributed by atoms with E-state index in [-0.39, 0.29) is 0 Å². The second-order valence-corrected chi connectivity index (χ2v) is 6.25. The first kappa shape index (κ1) is 16.1. The predicted molar refractivity (Wildman–Crippen MR) is 103 cm³/mol. The maximum Gasteiger partial charge on any atom is 0.0726 e. The van der Waals surface area contributed by atoms with Crippen molar-refractivity contribution >= 4 is 16.9 Å². The largest absolute Gasteiger partial charge is 0.397 e. The molecule has 0 unspecified atom stereocenters. The highest BCUT2D eigenvalue weighted by Gasteiger charge is 2.14. The van der Waals surface area contributed by atoms with Gasteiger partial charge in [0.25, 0.3) is 0 Å². The van der Waals surface area contributed by atoms with Crippen LogP contribution in [-0.2, 0) is 0 Å². The first-order valence-electron chi connectivity index (χ1n) is 8.21. The van der Waals surface area contributed by atoms with E-state index < -0.39 is 0 Å². The molecule has 0 aliphatic heterocycles. The number of benzene rings is 1. The van der Waals surface area contributed by atoms with Gasteiger partial charge in [-0.3, -0.25) is 4.98 Å². The van der Waals surface area contributed by atoms with Crippen molar-refractivity contribution in [2.75, 3.05) is 11.5 Å². The molecule has 3 rings (SSSR count). The molecule has 0 saturated heterocycles. The zero-order valence-electron chi connectivity index (χ0n) is 14.2. The summed E-state index contributed by atoms with van der Waals surface area (Å²) in [5, 5.41) is 0. The highest BCUT2D eigenvalue weighted by Crippen LogP contribution is 2.37. The number of nitrogen functional groups attached to an aromatic ring is 2. The number of aromatic nitrogens is 1. The van der Waals surface area contributed by atoms with Crippen molar-refractivity contribution in [1.29, 1.82) is 0 Å².